The molecule has 0 unspecified atom stereocenters. The molecule has 1 aromatic carbocycles. The van der Waals surface area contributed by atoms with Crippen LogP contribution in [0.25, 0.3) is 22.4 Å². The fraction of sp³-hybridized carbons (Fsp3) is 0.105. The van der Waals surface area contributed by atoms with E-state index in [1.807, 2.05) is 6.07 Å². The molecule has 2 N–H and O–H groups in total. The summed E-state index contributed by atoms with van der Waals surface area (Å²) >= 11 is 0. The van der Waals surface area contributed by atoms with E-state index < -0.39 is 5.91 Å². The van der Waals surface area contributed by atoms with E-state index in [9.17, 15) is 4.79 Å². The minimum atomic E-state index is -0.413. The SMILES string of the molecule is COc1c(C#N)cnc(C(=O)Nc2ccc3[nH]nc(-c4cnco4)c3c2)c1C. The molecule has 4 aromatic rings. The van der Waals surface area contributed by atoms with Crippen LogP contribution in [-0.4, -0.2) is 33.2 Å². The lowest BCUT2D eigenvalue weighted by atomic mass is 10.1. The molecule has 3 aromatic heterocycles. The Morgan fingerprint density at radius 1 is 1.36 bits per heavy atom. The molecule has 0 aliphatic carbocycles. The Kier molecular flexibility index (Phi) is 4.21. The number of aromatic nitrogens is 4. The fourth-order valence-electron chi connectivity index (χ4n) is 2.97. The van der Waals surface area contributed by atoms with Crippen molar-refractivity contribution in [3.05, 3.63) is 53.8 Å². The van der Waals surface area contributed by atoms with Gasteiger partial charge in [0.05, 0.1) is 18.8 Å². The van der Waals surface area contributed by atoms with Crippen molar-refractivity contribution < 1.29 is 13.9 Å². The van der Waals surface area contributed by atoms with Gasteiger partial charge in [-0.15, -0.1) is 0 Å². The number of H-pyrrole nitrogens is 1. The van der Waals surface area contributed by atoms with Gasteiger partial charge in [0.15, 0.2) is 12.2 Å². The third-order valence-electron chi connectivity index (χ3n) is 4.29. The summed E-state index contributed by atoms with van der Waals surface area (Å²) in [6.07, 6.45) is 4.22. The Bertz CT molecular complexity index is 1220. The van der Waals surface area contributed by atoms with Crippen molar-refractivity contribution in [1.29, 1.82) is 5.26 Å². The smallest absolute Gasteiger partial charge is 0.274 e. The molecule has 9 heteroatoms. The Morgan fingerprint density at radius 3 is 2.93 bits per heavy atom. The number of hydrogen-bond donors (Lipinski definition) is 2. The van der Waals surface area contributed by atoms with E-state index in [1.54, 1.807) is 31.3 Å². The molecule has 0 bridgehead atoms. The lowest BCUT2D eigenvalue weighted by Gasteiger charge is -2.11. The van der Waals surface area contributed by atoms with Gasteiger partial charge in [-0.05, 0) is 25.1 Å². The number of anilines is 1. The molecular weight excluding hydrogens is 360 g/mol. The average Bonchev–Trinajstić information content (AvgIpc) is 3.36. The molecular formula is C19H14N6O3. The Labute approximate surface area is 159 Å². The molecule has 9 nitrogen and oxygen atoms in total. The first-order valence-electron chi connectivity index (χ1n) is 8.24. The highest BCUT2D eigenvalue weighted by atomic mass is 16.5. The molecule has 0 saturated carbocycles. The van der Waals surface area contributed by atoms with Gasteiger partial charge >= 0.3 is 0 Å². The van der Waals surface area contributed by atoms with Gasteiger partial charge in [-0.25, -0.2) is 9.97 Å². The number of pyridine rings is 1. The van der Waals surface area contributed by atoms with E-state index >= 15 is 0 Å². The number of benzene rings is 1. The second kappa shape index (κ2) is 6.85. The minimum absolute atomic E-state index is 0.179. The molecule has 0 aliphatic rings. The van der Waals surface area contributed by atoms with Gasteiger partial charge in [0.2, 0.25) is 0 Å². The fourth-order valence-corrected chi connectivity index (χ4v) is 2.97. The summed E-state index contributed by atoms with van der Waals surface area (Å²) in [6, 6.07) is 7.33. The van der Waals surface area contributed by atoms with Crippen LogP contribution in [0.5, 0.6) is 5.75 Å². The van der Waals surface area contributed by atoms with Gasteiger partial charge in [0.1, 0.15) is 28.8 Å². The van der Waals surface area contributed by atoms with E-state index in [-0.39, 0.29) is 11.3 Å². The van der Waals surface area contributed by atoms with Crippen LogP contribution in [0.2, 0.25) is 0 Å². The second-order valence-electron chi connectivity index (χ2n) is 5.94. The number of rotatable bonds is 4. The van der Waals surface area contributed by atoms with E-state index in [4.69, 9.17) is 14.4 Å². The highest BCUT2D eigenvalue weighted by Crippen LogP contribution is 2.29. The van der Waals surface area contributed by atoms with Crippen LogP contribution in [-0.2, 0) is 0 Å². The number of nitriles is 1. The Hall–Kier alpha value is -4.19. The monoisotopic (exact) mass is 374 g/mol. The number of aromatic amines is 1. The first-order valence-corrected chi connectivity index (χ1v) is 8.24. The molecule has 0 atom stereocenters. The summed E-state index contributed by atoms with van der Waals surface area (Å²) in [4.78, 5) is 20.7. The molecule has 0 radical (unpaired) electrons. The van der Waals surface area contributed by atoms with Crippen LogP contribution in [0.15, 0.2) is 41.4 Å². The largest absolute Gasteiger partial charge is 0.495 e. The zero-order chi connectivity index (χ0) is 19.7. The zero-order valence-corrected chi connectivity index (χ0v) is 15.0. The Balaban J connectivity index is 1.68. The third kappa shape index (κ3) is 2.83. The maximum Gasteiger partial charge on any atom is 0.274 e. The number of nitrogens with zero attached hydrogens (tertiary/aromatic N) is 4. The molecule has 28 heavy (non-hydrogen) atoms. The highest BCUT2D eigenvalue weighted by molar-refractivity contribution is 6.05. The van der Waals surface area contributed by atoms with Crippen LogP contribution < -0.4 is 10.1 Å². The van der Waals surface area contributed by atoms with Gasteiger partial charge in [0.25, 0.3) is 5.91 Å². The minimum Gasteiger partial charge on any atom is -0.495 e. The summed E-state index contributed by atoms with van der Waals surface area (Å²) in [5.41, 5.74) is 2.89. The number of carbonyl (C=O) groups excluding carboxylic acids is 1. The van der Waals surface area contributed by atoms with Gasteiger partial charge in [-0.2, -0.15) is 10.4 Å². The second-order valence-corrected chi connectivity index (χ2v) is 5.94. The van der Waals surface area contributed by atoms with Crippen molar-refractivity contribution in [3.8, 4) is 23.3 Å². The molecule has 0 fully saturated rings. The van der Waals surface area contributed by atoms with Crippen molar-refractivity contribution in [2.75, 3.05) is 12.4 Å². The Morgan fingerprint density at radius 2 is 2.21 bits per heavy atom. The number of fused-ring (bicyclic) bond motifs is 1. The van der Waals surface area contributed by atoms with Crippen molar-refractivity contribution in [1.82, 2.24) is 20.2 Å². The topological polar surface area (TPSA) is 130 Å². The molecule has 0 spiro atoms. The first kappa shape index (κ1) is 17.2. The average molecular weight is 374 g/mol. The normalized spacial score (nSPS) is 10.6. The summed E-state index contributed by atoms with van der Waals surface area (Å²) in [6.45, 7) is 1.68. The lowest BCUT2D eigenvalue weighted by Crippen LogP contribution is -2.16. The standard InChI is InChI=1S/C19H14N6O3/c1-10-16(22-7-11(6-20)18(10)27-2)19(26)23-12-3-4-14-13(5-12)17(25-24-14)15-8-21-9-28-15/h3-5,7-9H,1-2H3,(H,23,26)(H,24,25). The zero-order valence-electron chi connectivity index (χ0n) is 15.0. The van der Waals surface area contributed by atoms with Crippen LogP contribution in [0.4, 0.5) is 5.69 Å². The molecule has 3 heterocycles. The third-order valence-corrected chi connectivity index (χ3v) is 4.29. The quantitative estimate of drug-likeness (QED) is 0.561. The molecule has 0 saturated heterocycles. The predicted molar refractivity (Wildman–Crippen MR) is 99.8 cm³/mol. The van der Waals surface area contributed by atoms with Crippen molar-refractivity contribution in [2.24, 2.45) is 0 Å². The summed E-state index contributed by atoms with van der Waals surface area (Å²) < 4.78 is 10.5. The number of nitrogens with one attached hydrogen (secondary N) is 2. The van der Waals surface area contributed by atoms with E-state index in [1.165, 1.54) is 19.7 Å². The van der Waals surface area contributed by atoms with Crippen LogP contribution >= 0.6 is 0 Å². The maximum atomic E-state index is 12.7. The number of ether oxygens (including phenoxy) is 1. The van der Waals surface area contributed by atoms with Crippen molar-refractivity contribution in [2.45, 2.75) is 6.92 Å². The van der Waals surface area contributed by atoms with Crippen LogP contribution in [0.1, 0.15) is 21.6 Å². The van der Waals surface area contributed by atoms with Gasteiger partial charge in [0, 0.05) is 22.8 Å². The number of hydrogen-bond acceptors (Lipinski definition) is 7. The molecule has 1 amide bonds. The highest BCUT2D eigenvalue weighted by Gasteiger charge is 2.18. The number of oxazole rings is 1. The van der Waals surface area contributed by atoms with Crippen molar-refractivity contribution >= 4 is 22.5 Å². The number of amides is 1. The lowest BCUT2D eigenvalue weighted by molar-refractivity contribution is 0.102. The van der Waals surface area contributed by atoms with E-state index in [0.717, 1.165) is 10.9 Å². The van der Waals surface area contributed by atoms with Gasteiger partial charge in [-0.3, -0.25) is 9.89 Å². The van der Waals surface area contributed by atoms with Crippen LogP contribution in [0, 0.1) is 18.3 Å². The maximum absolute atomic E-state index is 12.7. The summed E-state index contributed by atoms with van der Waals surface area (Å²) in [5, 5.41) is 19.9. The predicted octanol–water partition coefficient (Wildman–Crippen LogP) is 3.05. The van der Waals surface area contributed by atoms with Gasteiger partial charge in [-0.1, -0.05) is 0 Å². The van der Waals surface area contributed by atoms with Crippen molar-refractivity contribution in [3.63, 3.8) is 0 Å². The summed E-state index contributed by atoms with van der Waals surface area (Å²) in [5.74, 6) is 0.439. The molecule has 138 valence electrons. The van der Waals surface area contributed by atoms with Crippen LogP contribution in [0.3, 0.4) is 0 Å². The summed E-state index contributed by atoms with van der Waals surface area (Å²) in [7, 11) is 1.45. The number of carbonyl (C=O) groups is 1. The van der Waals surface area contributed by atoms with E-state index in [0.29, 0.717) is 28.5 Å². The van der Waals surface area contributed by atoms with Gasteiger partial charge < -0.3 is 14.5 Å². The van der Waals surface area contributed by atoms with E-state index in [2.05, 4.69) is 25.5 Å². The number of methoxy groups -OCH3 is 1. The molecule has 0 aliphatic heterocycles. The first-order chi connectivity index (χ1) is 13.6. The molecule has 4 rings (SSSR count).